The standard InChI is InChI=1S/C20H20FN3O2S2/c1-11-2-7-14-15(8-11)28-20-18(14)19(26)23-16(24-20)9-27-10-17(25)22-13-5-3-12(21)4-6-13/h3-6,11H,2,7-10H2,1H3,(H,22,25)(H,23,24,26)/t11-/m1/s1. The van der Waals surface area contributed by atoms with Crippen molar-refractivity contribution in [3.05, 3.63) is 56.7 Å². The van der Waals surface area contributed by atoms with Gasteiger partial charge in [0, 0.05) is 10.6 Å². The Balaban J connectivity index is 1.40. The lowest BCUT2D eigenvalue weighted by Gasteiger charge is -2.17. The lowest BCUT2D eigenvalue weighted by atomic mass is 9.89. The first-order valence-electron chi connectivity index (χ1n) is 9.16. The number of hydrogen-bond donors (Lipinski definition) is 2. The van der Waals surface area contributed by atoms with Crippen LogP contribution >= 0.6 is 23.1 Å². The smallest absolute Gasteiger partial charge is 0.259 e. The summed E-state index contributed by atoms with van der Waals surface area (Å²) in [4.78, 5) is 34.2. The van der Waals surface area contributed by atoms with E-state index in [1.807, 2.05) is 0 Å². The summed E-state index contributed by atoms with van der Waals surface area (Å²) in [5, 5.41) is 3.46. The second-order valence-corrected chi connectivity index (χ2v) is 9.16. The number of aryl methyl sites for hydroxylation is 1. The molecule has 0 bridgehead atoms. The predicted molar refractivity (Wildman–Crippen MR) is 113 cm³/mol. The molecular formula is C20H20FN3O2S2. The van der Waals surface area contributed by atoms with Gasteiger partial charge in [-0.1, -0.05) is 6.92 Å². The topological polar surface area (TPSA) is 74.8 Å². The summed E-state index contributed by atoms with van der Waals surface area (Å²) in [6.07, 6.45) is 3.07. The number of nitrogens with one attached hydrogen (secondary N) is 2. The van der Waals surface area contributed by atoms with Crippen LogP contribution in [0.1, 0.15) is 29.6 Å². The van der Waals surface area contributed by atoms with Crippen LogP contribution < -0.4 is 10.9 Å². The molecule has 1 aromatic carbocycles. The van der Waals surface area contributed by atoms with Crippen molar-refractivity contribution in [2.45, 2.75) is 31.9 Å². The van der Waals surface area contributed by atoms with Crippen molar-refractivity contribution in [2.75, 3.05) is 11.1 Å². The average molecular weight is 418 g/mol. The van der Waals surface area contributed by atoms with E-state index < -0.39 is 0 Å². The Morgan fingerprint density at radius 1 is 1.39 bits per heavy atom. The van der Waals surface area contributed by atoms with Gasteiger partial charge in [0.2, 0.25) is 5.91 Å². The molecule has 0 unspecified atom stereocenters. The van der Waals surface area contributed by atoms with E-state index in [-0.39, 0.29) is 23.0 Å². The van der Waals surface area contributed by atoms with E-state index >= 15 is 0 Å². The van der Waals surface area contributed by atoms with Gasteiger partial charge in [-0.05, 0) is 55.0 Å². The highest BCUT2D eigenvalue weighted by atomic mass is 32.2. The number of nitrogens with zero attached hydrogens (tertiary/aromatic N) is 1. The predicted octanol–water partition coefficient (Wildman–Crippen LogP) is 4.12. The van der Waals surface area contributed by atoms with Crippen LogP contribution in [0.15, 0.2) is 29.1 Å². The first-order valence-corrected chi connectivity index (χ1v) is 11.1. The number of benzene rings is 1. The Hall–Kier alpha value is -2.19. The third-order valence-electron chi connectivity index (χ3n) is 4.81. The van der Waals surface area contributed by atoms with Crippen LogP contribution in [0.4, 0.5) is 10.1 Å². The minimum Gasteiger partial charge on any atom is -0.325 e. The van der Waals surface area contributed by atoms with Crippen LogP contribution in [0.3, 0.4) is 0 Å². The number of hydrogen-bond acceptors (Lipinski definition) is 5. The molecule has 5 nitrogen and oxygen atoms in total. The third kappa shape index (κ3) is 4.12. The SMILES string of the molecule is C[C@@H]1CCc2c(sc3nc(CSCC(=O)Nc4ccc(F)cc4)[nH]c(=O)c23)C1. The number of thiophene rings is 1. The maximum absolute atomic E-state index is 12.9. The molecule has 3 aromatic rings. The molecule has 1 amide bonds. The van der Waals surface area contributed by atoms with Crippen LogP contribution in [0.25, 0.3) is 10.2 Å². The summed E-state index contributed by atoms with van der Waals surface area (Å²) in [5.41, 5.74) is 1.64. The first-order chi connectivity index (χ1) is 13.5. The fraction of sp³-hybridized carbons (Fsp3) is 0.350. The maximum atomic E-state index is 12.9. The largest absolute Gasteiger partial charge is 0.325 e. The van der Waals surface area contributed by atoms with Crippen molar-refractivity contribution in [2.24, 2.45) is 5.92 Å². The average Bonchev–Trinajstić information content (AvgIpc) is 3.01. The molecule has 8 heteroatoms. The van der Waals surface area contributed by atoms with Gasteiger partial charge in [0.25, 0.3) is 5.56 Å². The van der Waals surface area contributed by atoms with E-state index in [1.54, 1.807) is 11.3 Å². The highest BCUT2D eigenvalue weighted by molar-refractivity contribution is 7.99. The molecule has 2 N–H and O–H groups in total. The van der Waals surface area contributed by atoms with E-state index in [4.69, 9.17) is 0 Å². The fourth-order valence-electron chi connectivity index (χ4n) is 3.43. The quantitative estimate of drug-likeness (QED) is 0.655. The van der Waals surface area contributed by atoms with E-state index in [9.17, 15) is 14.0 Å². The summed E-state index contributed by atoms with van der Waals surface area (Å²) in [5.74, 6) is 1.37. The normalized spacial score (nSPS) is 16.1. The van der Waals surface area contributed by atoms with Gasteiger partial charge in [-0.2, -0.15) is 0 Å². The number of aromatic amines is 1. The lowest BCUT2D eigenvalue weighted by Crippen LogP contribution is -2.16. The van der Waals surface area contributed by atoms with Crippen molar-refractivity contribution in [3.63, 3.8) is 0 Å². The van der Waals surface area contributed by atoms with Crippen LogP contribution in [-0.4, -0.2) is 21.6 Å². The van der Waals surface area contributed by atoms with E-state index in [0.717, 1.165) is 29.5 Å². The van der Waals surface area contributed by atoms with E-state index in [1.165, 1.54) is 46.5 Å². The number of carbonyl (C=O) groups is 1. The van der Waals surface area contributed by atoms with Crippen LogP contribution in [0.2, 0.25) is 0 Å². The summed E-state index contributed by atoms with van der Waals surface area (Å²) >= 11 is 3.00. The third-order valence-corrected chi connectivity index (χ3v) is 6.91. The Bertz CT molecular complexity index is 1080. The molecule has 2 heterocycles. The zero-order chi connectivity index (χ0) is 19.7. The second-order valence-electron chi connectivity index (χ2n) is 7.09. The highest BCUT2D eigenvalue weighted by Gasteiger charge is 2.23. The molecular weight excluding hydrogens is 397 g/mol. The van der Waals surface area contributed by atoms with Crippen molar-refractivity contribution >= 4 is 44.9 Å². The van der Waals surface area contributed by atoms with Crippen LogP contribution in [0.5, 0.6) is 0 Å². The lowest BCUT2D eigenvalue weighted by molar-refractivity contribution is -0.113. The molecule has 146 valence electrons. The fourth-order valence-corrected chi connectivity index (χ4v) is 5.52. The number of halogens is 1. The number of H-pyrrole nitrogens is 1. The molecule has 0 fully saturated rings. The van der Waals surface area contributed by atoms with Gasteiger partial charge in [0.15, 0.2) is 0 Å². The van der Waals surface area contributed by atoms with Crippen LogP contribution in [-0.2, 0) is 23.4 Å². The second kappa shape index (κ2) is 8.05. The zero-order valence-corrected chi connectivity index (χ0v) is 17.0. The van der Waals surface area contributed by atoms with E-state index in [0.29, 0.717) is 23.2 Å². The number of fused-ring (bicyclic) bond motifs is 3. The molecule has 28 heavy (non-hydrogen) atoms. The molecule has 0 aliphatic heterocycles. The molecule has 0 spiro atoms. The number of thioether (sulfide) groups is 1. The minimum atomic E-state index is -0.345. The Morgan fingerprint density at radius 2 is 2.18 bits per heavy atom. The molecule has 1 aliphatic carbocycles. The van der Waals surface area contributed by atoms with Gasteiger partial charge in [-0.15, -0.1) is 23.1 Å². The number of amides is 1. The molecule has 0 saturated carbocycles. The van der Waals surface area contributed by atoms with Gasteiger partial charge in [-0.25, -0.2) is 9.37 Å². The van der Waals surface area contributed by atoms with Gasteiger partial charge in [-0.3, -0.25) is 9.59 Å². The molecule has 0 radical (unpaired) electrons. The number of aromatic nitrogens is 2. The minimum absolute atomic E-state index is 0.0802. The van der Waals surface area contributed by atoms with Crippen molar-refractivity contribution in [1.82, 2.24) is 9.97 Å². The number of rotatable bonds is 5. The summed E-state index contributed by atoms with van der Waals surface area (Å²) in [6, 6.07) is 5.64. The van der Waals surface area contributed by atoms with Crippen molar-refractivity contribution in [1.29, 1.82) is 0 Å². The monoisotopic (exact) mass is 417 g/mol. The zero-order valence-electron chi connectivity index (χ0n) is 15.4. The number of anilines is 1. The molecule has 2 aromatic heterocycles. The van der Waals surface area contributed by atoms with E-state index in [2.05, 4.69) is 22.2 Å². The maximum Gasteiger partial charge on any atom is 0.259 e. The summed E-state index contributed by atoms with van der Waals surface area (Å²) in [6.45, 7) is 2.24. The van der Waals surface area contributed by atoms with Gasteiger partial charge in [0.1, 0.15) is 16.5 Å². The molecule has 0 saturated heterocycles. The Kier molecular flexibility index (Phi) is 5.50. The number of carbonyl (C=O) groups excluding carboxylic acids is 1. The Labute approximate surface area is 169 Å². The first kappa shape index (κ1) is 19.1. The van der Waals surface area contributed by atoms with Crippen LogP contribution in [0, 0.1) is 11.7 Å². The van der Waals surface area contributed by atoms with Crippen molar-refractivity contribution < 1.29 is 9.18 Å². The van der Waals surface area contributed by atoms with Gasteiger partial charge in [0.05, 0.1) is 16.9 Å². The highest BCUT2D eigenvalue weighted by Crippen LogP contribution is 2.35. The Morgan fingerprint density at radius 3 is 2.96 bits per heavy atom. The van der Waals surface area contributed by atoms with Gasteiger partial charge < -0.3 is 10.3 Å². The molecule has 1 atom stereocenters. The van der Waals surface area contributed by atoms with Crippen molar-refractivity contribution in [3.8, 4) is 0 Å². The molecule has 1 aliphatic rings. The molecule has 4 rings (SSSR count). The van der Waals surface area contributed by atoms with Gasteiger partial charge >= 0.3 is 0 Å². The summed E-state index contributed by atoms with van der Waals surface area (Å²) < 4.78 is 12.9. The summed E-state index contributed by atoms with van der Waals surface area (Å²) in [7, 11) is 0.